The molecule has 23 heavy (non-hydrogen) atoms. The Morgan fingerprint density at radius 3 is 2.43 bits per heavy atom. The van der Waals surface area contributed by atoms with Crippen molar-refractivity contribution in [3.8, 4) is 6.07 Å². The van der Waals surface area contributed by atoms with E-state index in [9.17, 15) is 9.59 Å². The third-order valence-electron chi connectivity index (χ3n) is 3.03. The van der Waals surface area contributed by atoms with Gasteiger partial charge in [-0.15, -0.1) is 0 Å². The molecule has 1 N–H and O–H groups in total. The van der Waals surface area contributed by atoms with Gasteiger partial charge in [0.15, 0.2) is 6.10 Å². The van der Waals surface area contributed by atoms with E-state index in [-0.39, 0.29) is 0 Å². The summed E-state index contributed by atoms with van der Waals surface area (Å²) in [4.78, 5) is 24.1. The van der Waals surface area contributed by atoms with Crippen molar-refractivity contribution in [2.45, 2.75) is 13.0 Å². The van der Waals surface area contributed by atoms with E-state index in [1.54, 1.807) is 48.5 Å². The molecule has 0 spiro atoms. The third-order valence-corrected chi connectivity index (χ3v) is 3.72. The fourth-order valence-electron chi connectivity index (χ4n) is 1.78. The maximum absolute atomic E-state index is 12.1. The number of carbonyl (C=O) groups is 2. The highest BCUT2D eigenvalue weighted by Crippen LogP contribution is 2.18. The van der Waals surface area contributed by atoms with Crippen molar-refractivity contribution < 1.29 is 14.3 Å². The number of nitriles is 1. The van der Waals surface area contributed by atoms with E-state index >= 15 is 0 Å². The van der Waals surface area contributed by atoms with Crippen molar-refractivity contribution in [3.63, 3.8) is 0 Å². The molecule has 0 saturated carbocycles. The van der Waals surface area contributed by atoms with Crippen molar-refractivity contribution in [1.82, 2.24) is 0 Å². The number of carbonyl (C=O) groups excluding carboxylic acids is 2. The monoisotopic (exact) mass is 372 g/mol. The highest BCUT2D eigenvalue weighted by atomic mass is 79.9. The van der Waals surface area contributed by atoms with Gasteiger partial charge in [-0.1, -0.05) is 12.1 Å². The number of hydrogen-bond acceptors (Lipinski definition) is 4. The fourth-order valence-corrected chi connectivity index (χ4v) is 2.22. The molecule has 2 rings (SSSR count). The van der Waals surface area contributed by atoms with E-state index in [0.717, 1.165) is 0 Å². The molecule has 1 amide bonds. The summed E-state index contributed by atoms with van der Waals surface area (Å²) in [5.41, 5.74) is 1.37. The standard InChI is InChI=1S/C17H13BrN2O3/c1-11(23-17(22)14-4-2-3-5-15(14)18)16(21)20-13-8-6-12(10-19)7-9-13/h2-9,11H,1H3,(H,20,21)/t11-/m1/s1. The second-order valence-electron chi connectivity index (χ2n) is 4.71. The molecule has 0 saturated heterocycles. The second kappa shape index (κ2) is 7.56. The molecule has 0 fully saturated rings. The third kappa shape index (κ3) is 4.41. The van der Waals surface area contributed by atoms with Gasteiger partial charge >= 0.3 is 5.97 Å². The molecule has 0 aliphatic rings. The molecule has 0 unspecified atom stereocenters. The van der Waals surface area contributed by atoms with Gasteiger partial charge in [0.05, 0.1) is 17.2 Å². The lowest BCUT2D eigenvalue weighted by molar-refractivity contribution is -0.123. The van der Waals surface area contributed by atoms with E-state index < -0.39 is 18.0 Å². The zero-order chi connectivity index (χ0) is 16.8. The lowest BCUT2D eigenvalue weighted by Gasteiger charge is -2.14. The number of benzene rings is 2. The SMILES string of the molecule is C[C@@H](OC(=O)c1ccccc1Br)C(=O)Nc1ccc(C#N)cc1. The number of ether oxygens (including phenoxy) is 1. The average Bonchev–Trinajstić information content (AvgIpc) is 2.55. The minimum absolute atomic E-state index is 0.352. The van der Waals surface area contributed by atoms with Gasteiger partial charge in [-0.3, -0.25) is 4.79 Å². The lowest BCUT2D eigenvalue weighted by Crippen LogP contribution is -2.30. The number of esters is 1. The number of anilines is 1. The number of nitrogens with zero attached hydrogens (tertiary/aromatic N) is 1. The molecular weight excluding hydrogens is 360 g/mol. The summed E-state index contributed by atoms with van der Waals surface area (Å²) in [5, 5.41) is 11.4. The zero-order valence-electron chi connectivity index (χ0n) is 12.2. The summed E-state index contributed by atoms with van der Waals surface area (Å²) in [6.45, 7) is 1.49. The predicted octanol–water partition coefficient (Wildman–Crippen LogP) is 3.50. The molecule has 116 valence electrons. The van der Waals surface area contributed by atoms with Crippen LogP contribution in [0, 0.1) is 11.3 Å². The highest BCUT2D eigenvalue weighted by Gasteiger charge is 2.20. The van der Waals surface area contributed by atoms with E-state index in [4.69, 9.17) is 10.00 Å². The molecule has 0 heterocycles. The molecule has 0 aromatic heterocycles. The fraction of sp³-hybridized carbons (Fsp3) is 0.118. The Balaban J connectivity index is 1.98. The Morgan fingerprint density at radius 1 is 1.17 bits per heavy atom. The zero-order valence-corrected chi connectivity index (χ0v) is 13.8. The first-order chi connectivity index (χ1) is 11.0. The minimum atomic E-state index is -0.953. The van der Waals surface area contributed by atoms with Crippen LogP contribution in [-0.2, 0) is 9.53 Å². The first-order valence-corrected chi connectivity index (χ1v) is 7.57. The Hall–Kier alpha value is -2.65. The number of rotatable bonds is 4. The van der Waals surface area contributed by atoms with Crippen LogP contribution < -0.4 is 5.32 Å². The average molecular weight is 373 g/mol. The normalized spacial score (nSPS) is 11.2. The van der Waals surface area contributed by atoms with Crippen molar-refractivity contribution in [1.29, 1.82) is 5.26 Å². The molecular formula is C17H13BrN2O3. The first-order valence-electron chi connectivity index (χ1n) is 6.78. The predicted molar refractivity (Wildman–Crippen MR) is 88.8 cm³/mol. The van der Waals surface area contributed by atoms with E-state index in [2.05, 4.69) is 21.2 Å². The summed E-state index contributed by atoms with van der Waals surface area (Å²) >= 11 is 3.26. The minimum Gasteiger partial charge on any atom is -0.449 e. The first kappa shape index (κ1) is 16.7. The quantitative estimate of drug-likeness (QED) is 0.832. The lowest BCUT2D eigenvalue weighted by atomic mass is 10.2. The Morgan fingerprint density at radius 2 is 1.83 bits per heavy atom. The van der Waals surface area contributed by atoms with Crippen LogP contribution in [0.1, 0.15) is 22.8 Å². The summed E-state index contributed by atoms with van der Waals surface area (Å²) in [6.07, 6.45) is -0.953. The molecule has 0 bridgehead atoms. The van der Waals surface area contributed by atoms with Crippen molar-refractivity contribution in [2.24, 2.45) is 0 Å². The summed E-state index contributed by atoms with van der Waals surface area (Å²) in [7, 11) is 0. The van der Waals surface area contributed by atoms with Crippen LogP contribution in [0.4, 0.5) is 5.69 Å². The maximum Gasteiger partial charge on any atom is 0.340 e. The van der Waals surface area contributed by atoms with Crippen LogP contribution in [0.15, 0.2) is 53.0 Å². The number of halogens is 1. The molecule has 0 aliphatic heterocycles. The van der Waals surface area contributed by atoms with Crippen LogP contribution in [0.2, 0.25) is 0 Å². The molecule has 5 nitrogen and oxygen atoms in total. The van der Waals surface area contributed by atoms with Crippen molar-refractivity contribution in [2.75, 3.05) is 5.32 Å². The smallest absolute Gasteiger partial charge is 0.340 e. The van der Waals surface area contributed by atoms with Gasteiger partial charge in [0.1, 0.15) is 0 Å². The number of nitrogens with one attached hydrogen (secondary N) is 1. The van der Waals surface area contributed by atoms with Crippen LogP contribution in [0.5, 0.6) is 0 Å². The highest BCUT2D eigenvalue weighted by molar-refractivity contribution is 9.10. The van der Waals surface area contributed by atoms with Gasteiger partial charge in [0, 0.05) is 10.2 Å². The van der Waals surface area contributed by atoms with Gasteiger partial charge in [0.2, 0.25) is 0 Å². The van der Waals surface area contributed by atoms with Crippen LogP contribution >= 0.6 is 15.9 Å². The molecule has 1 atom stereocenters. The van der Waals surface area contributed by atoms with Gasteiger partial charge < -0.3 is 10.1 Å². The van der Waals surface area contributed by atoms with E-state index in [1.807, 2.05) is 6.07 Å². The Labute approximate surface area is 142 Å². The summed E-state index contributed by atoms with van der Waals surface area (Å²) < 4.78 is 5.76. The van der Waals surface area contributed by atoms with Crippen molar-refractivity contribution in [3.05, 3.63) is 64.1 Å². The Kier molecular flexibility index (Phi) is 5.50. The number of amides is 1. The number of hydrogen-bond donors (Lipinski definition) is 1. The van der Waals surface area contributed by atoms with E-state index in [0.29, 0.717) is 21.3 Å². The van der Waals surface area contributed by atoms with E-state index in [1.165, 1.54) is 6.92 Å². The molecule has 6 heteroatoms. The van der Waals surface area contributed by atoms with Crippen molar-refractivity contribution >= 4 is 33.5 Å². The van der Waals surface area contributed by atoms with Crippen LogP contribution in [-0.4, -0.2) is 18.0 Å². The topological polar surface area (TPSA) is 79.2 Å². The van der Waals surface area contributed by atoms with Crippen LogP contribution in [0.3, 0.4) is 0 Å². The van der Waals surface area contributed by atoms with Gasteiger partial charge in [0.25, 0.3) is 5.91 Å². The van der Waals surface area contributed by atoms with Gasteiger partial charge in [-0.2, -0.15) is 5.26 Å². The second-order valence-corrected chi connectivity index (χ2v) is 5.56. The molecule has 0 aliphatic carbocycles. The molecule has 0 radical (unpaired) electrons. The summed E-state index contributed by atoms with van der Waals surface area (Å²) in [6, 6.07) is 15.2. The van der Waals surface area contributed by atoms with Crippen LogP contribution in [0.25, 0.3) is 0 Å². The van der Waals surface area contributed by atoms with Gasteiger partial charge in [-0.05, 0) is 59.3 Å². The molecule has 2 aromatic rings. The molecule has 2 aromatic carbocycles. The Bertz CT molecular complexity index is 766. The maximum atomic E-state index is 12.1. The summed E-state index contributed by atoms with van der Waals surface area (Å²) in [5.74, 6) is -1.03. The largest absolute Gasteiger partial charge is 0.449 e. The van der Waals surface area contributed by atoms with Gasteiger partial charge in [-0.25, -0.2) is 4.79 Å².